The molecule has 0 radical (unpaired) electrons. The molecule has 24 heavy (non-hydrogen) atoms. The number of hydrogen-bond acceptors (Lipinski definition) is 4. The predicted molar refractivity (Wildman–Crippen MR) is 90.6 cm³/mol. The first-order valence-corrected chi connectivity index (χ1v) is 9.74. The first-order chi connectivity index (χ1) is 11.3. The molecule has 1 aliphatic heterocycles. The Kier molecular flexibility index (Phi) is 4.64. The summed E-state index contributed by atoms with van der Waals surface area (Å²) in [6.45, 7) is 2.84. The molecule has 0 aliphatic carbocycles. The van der Waals surface area contributed by atoms with Gasteiger partial charge in [0.1, 0.15) is 11.6 Å². The Balaban J connectivity index is 1.92. The smallest absolute Gasteiger partial charge is 0.211 e. The minimum absolute atomic E-state index is 0.0208. The summed E-state index contributed by atoms with van der Waals surface area (Å²) in [6.07, 6.45) is 2.88. The van der Waals surface area contributed by atoms with E-state index in [1.807, 2.05) is 13.0 Å². The average Bonchev–Trinajstić information content (AvgIpc) is 2.54. The van der Waals surface area contributed by atoms with Crippen LogP contribution in [0.1, 0.15) is 30.3 Å². The minimum atomic E-state index is -3.21. The molecule has 2 heterocycles. The van der Waals surface area contributed by atoms with Crippen molar-refractivity contribution in [3.8, 4) is 11.3 Å². The molecule has 0 spiro atoms. The lowest BCUT2D eigenvalue weighted by Gasteiger charge is -2.30. The zero-order valence-corrected chi connectivity index (χ0v) is 14.6. The minimum Gasteiger partial charge on any atom is -0.238 e. The number of aromatic nitrogens is 2. The van der Waals surface area contributed by atoms with Crippen LogP contribution in [0.4, 0.5) is 4.39 Å². The molecule has 5 nitrogen and oxygen atoms in total. The number of nitrogens with zero attached hydrogens (tertiary/aromatic N) is 3. The van der Waals surface area contributed by atoms with Gasteiger partial charge in [-0.05, 0) is 50.1 Å². The Bertz CT molecular complexity index is 837. The molecule has 7 heteroatoms. The van der Waals surface area contributed by atoms with Crippen LogP contribution >= 0.6 is 0 Å². The van der Waals surface area contributed by atoms with E-state index >= 15 is 0 Å². The summed E-state index contributed by atoms with van der Waals surface area (Å²) in [4.78, 5) is 9.13. The second-order valence-electron chi connectivity index (χ2n) is 6.22. The fourth-order valence-corrected chi connectivity index (χ4v) is 3.91. The molecule has 0 amide bonds. The average molecular weight is 349 g/mol. The number of halogens is 1. The number of piperidine rings is 1. The number of hydrogen-bond donors (Lipinski definition) is 0. The van der Waals surface area contributed by atoms with E-state index < -0.39 is 10.0 Å². The maximum atomic E-state index is 13.1. The van der Waals surface area contributed by atoms with Gasteiger partial charge in [-0.25, -0.2) is 27.1 Å². The topological polar surface area (TPSA) is 63.2 Å². The van der Waals surface area contributed by atoms with Crippen LogP contribution in [0.2, 0.25) is 0 Å². The van der Waals surface area contributed by atoms with Gasteiger partial charge in [-0.3, -0.25) is 0 Å². The third-order valence-electron chi connectivity index (χ3n) is 4.23. The van der Waals surface area contributed by atoms with Gasteiger partial charge < -0.3 is 0 Å². The van der Waals surface area contributed by atoms with Crippen molar-refractivity contribution in [1.29, 1.82) is 0 Å². The van der Waals surface area contributed by atoms with Gasteiger partial charge in [0, 0.05) is 30.3 Å². The molecule has 0 bridgehead atoms. The lowest BCUT2D eigenvalue weighted by molar-refractivity contribution is 0.311. The second-order valence-corrected chi connectivity index (χ2v) is 8.20. The SMILES string of the molecule is Cc1cc(-c2ccc(F)cc2)nc([C@H]2CCCN(S(C)(=O)=O)C2)n1. The van der Waals surface area contributed by atoms with Crippen LogP contribution in [0.15, 0.2) is 30.3 Å². The summed E-state index contributed by atoms with van der Waals surface area (Å²) in [7, 11) is -3.21. The van der Waals surface area contributed by atoms with Gasteiger partial charge in [-0.1, -0.05) is 0 Å². The highest BCUT2D eigenvalue weighted by Crippen LogP contribution is 2.28. The molecule has 1 fully saturated rings. The van der Waals surface area contributed by atoms with Crippen molar-refractivity contribution < 1.29 is 12.8 Å². The van der Waals surface area contributed by atoms with E-state index in [4.69, 9.17) is 0 Å². The molecular weight excluding hydrogens is 329 g/mol. The van der Waals surface area contributed by atoms with E-state index in [2.05, 4.69) is 9.97 Å². The molecule has 1 aliphatic rings. The van der Waals surface area contributed by atoms with Gasteiger partial charge in [0.05, 0.1) is 11.9 Å². The van der Waals surface area contributed by atoms with Crippen LogP contribution in [0.3, 0.4) is 0 Å². The number of sulfonamides is 1. The molecule has 128 valence electrons. The van der Waals surface area contributed by atoms with Crippen LogP contribution in [-0.4, -0.2) is 42.0 Å². The summed E-state index contributed by atoms with van der Waals surface area (Å²) in [6, 6.07) is 8.03. The highest BCUT2D eigenvalue weighted by molar-refractivity contribution is 7.88. The van der Waals surface area contributed by atoms with E-state index in [9.17, 15) is 12.8 Å². The fourth-order valence-electron chi connectivity index (χ4n) is 3.00. The zero-order chi connectivity index (χ0) is 17.3. The number of aryl methyl sites for hydroxylation is 1. The summed E-state index contributed by atoms with van der Waals surface area (Å²) in [5.41, 5.74) is 2.36. The summed E-state index contributed by atoms with van der Waals surface area (Å²) in [5, 5.41) is 0. The summed E-state index contributed by atoms with van der Waals surface area (Å²) >= 11 is 0. The molecule has 1 saturated heterocycles. The van der Waals surface area contributed by atoms with Crippen LogP contribution in [0, 0.1) is 12.7 Å². The van der Waals surface area contributed by atoms with Crippen LogP contribution < -0.4 is 0 Å². The first kappa shape index (κ1) is 17.0. The van der Waals surface area contributed by atoms with Crippen molar-refractivity contribution in [3.05, 3.63) is 47.7 Å². The van der Waals surface area contributed by atoms with E-state index in [1.54, 1.807) is 12.1 Å². The van der Waals surface area contributed by atoms with Gasteiger partial charge in [0.25, 0.3) is 0 Å². The van der Waals surface area contributed by atoms with E-state index in [-0.39, 0.29) is 11.7 Å². The lowest BCUT2D eigenvalue weighted by Crippen LogP contribution is -2.38. The van der Waals surface area contributed by atoms with Crippen molar-refractivity contribution in [2.45, 2.75) is 25.7 Å². The maximum Gasteiger partial charge on any atom is 0.211 e. The summed E-state index contributed by atoms with van der Waals surface area (Å²) in [5.74, 6) is 0.344. The van der Waals surface area contributed by atoms with Crippen molar-refractivity contribution in [2.75, 3.05) is 19.3 Å². The first-order valence-electron chi connectivity index (χ1n) is 7.89. The summed E-state index contributed by atoms with van der Waals surface area (Å²) < 4.78 is 38.2. The highest BCUT2D eigenvalue weighted by atomic mass is 32.2. The monoisotopic (exact) mass is 349 g/mol. The Hall–Kier alpha value is -1.86. The van der Waals surface area contributed by atoms with Gasteiger partial charge in [-0.2, -0.15) is 0 Å². The second kappa shape index (κ2) is 6.57. The number of rotatable bonds is 3. The molecule has 1 aromatic heterocycles. The maximum absolute atomic E-state index is 13.1. The standard InChI is InChI=1S/C17H20FN3O2S/c1-12-10-16(13-5-7-15(18)8-6-13)20-17(19-12)14-4-3-9-21(11-14)24(2,22)23/h5-8,10,14H,3-4,9,11H2,1-2H3/t14-/m0/s1. The highest BCUT2D eigenvalue weighted by Gasteiger charge is 2.28. The van der Waals surface area contributed by atoms with Crippen molar-refractivity contribution in [3.63, 3.8) is 0 Å². The van der Waals surface area contributed by atoms with Gasteiger partial charge >= 0.3 is 0 Å². The largest absolute Gasteiger partial charge is 0.238 e. The molecule has 1 atom stereocenters. The van der Waals surface area contributed by atoms with Gasteiger partial charge in [0.2, 0.25) is 10.0 Å². The van der Waals surface area contributed by atoms with Crippen LogP contribution in [0.5, 0.6) is 0 Å². The Morgan fingerprint density at radius 2 is 1.92 bits per heavy atom. The van der Waals surface area contributed by atoms with E-state index in [0.717, 1.165) is 29.8 Å². The van der Waals surface area contributed by atoms with Crippen molar-refractivity contribution in [1.82, 2.24) is 14.3 Å². The molecule has 0 unspecified atom stereocenters. The predicted octanol–water partition coefficient (Wildman–Crippen LogP) is 2.73. The Labute approximate surface area is 141 Å². The van der Waals surface area contributed by atoms with Crippen LogP contribution in [0.25, 0.3) is 11.3 Å². The normalized spacial score (nSPS) is 19.4. The molecule has 2 aromatic rings. The van der Waals surface area contributed by atoms with Crippen molar-refractivity contribution in [2.24, 2.45) is 0 Å². The fraction of sp³-hybridized carbons (Fsp3) is 0.412. The van der Waals surface area contributed by atoms with E-state index in [0.29, 0.717) is 18.9 Å². The molecule has 3 rings (SSSR count). The Morgan fingerprint density at radius 1 is 1.21 bits per heavy atom. The lowest BCUT2D eigenvalue weighted by atomic mass is 9.98. The van der Waals surface area contributed by atoms with Gasteiger partial charge in [0.15, 0.2) is 0 Å². The van der Waals surface area contributed by atoms with Gasteiger partial charge in [-0.15, -0.1) is 0 Å². The quantitative estimate of drug-likeness (QED) is 0.855. The number of benzene rings is 1. The Morgan fingerprint density at radius 3 is 2.58 bits per heavy atom. The molecule has 0 N–H and O–H groups in total. The third-order valence-corrected chi connectivity index (χ3v) is 5.50. The van der Waals surface area contributed by atoms with E-state index in [1.165, 1.54) is 22.7 Å². The third kappa shape index (κ3) is 3.79. The zero-order valence-electron chi connectivity index (χ0n) is 13.7. The van der Waals surface area contributed by atoms with Crippen molar-refractivity contribution >= 4 is 10.0 Å². The molecule has 1 aromatic carbocycles. The molecular formula is C17H20FN3O2S. The van der Waals surface area contributed by atoms with Crippen LogP contribution in [-0.2, 0) is 10.0 Å². The molecule has 0 saturated carbocycles.